The Balaban J connectivity index is 2.38. The Labute approximate surface area is 60.2 Å². The number of nitrogens with zero attached hydrogens (tertiary/aromatic N) is 1. The summed E-state index contributed by atoms with van der Waals surface area (Å²) in [6, 6.07) is 0. The zero-order chi connectivity index (χ0) is 7.56. The minimum absolute atomic E-state index is 0.0227. The van der Waals surface area contributed by atoms with E-state index in [1.807, 2.05) is 0 Å². The van der Waals surface area contributed by atoms with Crippen molar-refractivity contribution in [2.24, 2.45) is 11.8 Å². The van der Waals surface area contributed by atoms with Crippen molar-refractivity contribution in [1.82, 2.24) is 5.01 Å². The standard InChI is InChI=1S/C6H14N2O2/c7-8-2-1-6(10)5(3-8)4-9/h5-6,9-10H,1-4,7H2. The molecule has 0 aromatic carbocycles. The summed E-state index contributed by atoms with van der Waals surface area (Å²) in [7, 11) is 0. The lowest BCUT2D eigenvalue weighted by Crippen LogP contribution is -2.47. The van der Waals surface area contributed by atoms with Crippen LogP contribution in [0.4, 0.5) is 0 Å². The summed E-state index contributed by atoms with van der Waals surface area (Å²) >= 11 is 0. The maximum Gasteiger partial charge on any atom is 0.0615 e. The average molecular weight is 146 g/mol. The van der Waals surface area contributed by atoms with E-state index in [1.54, 1.807) is 5.01 Å². The Morgan fingerprint density at radius 2 is 2.30 bits per heavy atom. The van der Waals surface area contributed by atoms with E-state index in [0.29, 0.717) is 13.0 Å². The summed E-state index contributed by atoms with van der Waals surface area (Å²) in [5.41, 5.74) is 0. The van der Waals surface area contributed by atoms with Crippen LogP contribution in [-0.2, 0) is 0 Å². The number of rotatable bonds is 1. The molecule has 1 heterocycles. The largest absolute Gasteiger partial charge is 0.396 e. The molecule has 0 bridgehead atoms. The van der Waals surface area contributed by atoms with E-state index in [-0.39, 0.29) is 18.6 Å². The summed E-state index contributed by atoms with van der Waals surface area (Å²) in [4.78, 5) is 0. The molecule has 0 aliphatic carbocycles. The smallest absolute Gasteiger partial charge is 0.0615 e. The van der Waals surface area contributed by atoms with Crippen LogP contribution in [0, 0.1) is 5.92 Å². The molecule has 2 atom stereocenters. The van der Waals surface area contributed by atoms with Gasteiger partial charge >= 0.3 is 0 Å². The number of aliphatic hydroxyl groups excluding tert-OH is 2. The maximum absolute atomic E-state index is 9.24. The summed E-state index contributed by atoms with van der Waals surface area (Å²) < 4.78 is 0. The van der Waals surface area contributed by atoms with Crippen LogP contribution in [0.15, 0.2) is 0 Å². The molecule has 2 unspecified atom stereocenters. The Kier molecular flexibility index (Phi) is 2.62. The lowest BCUT2D eigenvalue weighted by atomic mass is 9.97. The number of hydrazine groups is 1. The van der Waals surface area contributed by atoms with Crippen molar-refractivity contribution in [3.63, 3.8) is 0 Å². The van der Waals surface area contributed by atoms with Crippen LogP contribution in [0.2, 0.25) is 0 Å². The Hall–Kier alpha value is -0.160. The number of aliphatic hydroxyl groups is 2. The third-order valence-corrected chi connectivity index (χ3v) is 1.96. The van der Waals surface area contributed by atoms with Crippen molar-refractivity contribution in [3.8, 4) is 0 Å². The minimum Gasteiger partial charge on any atom is -0.396 e. The summed E-state index contributed by atoms with van der Waals surface area (Å²) in [6.07, 6.45) is 0.298. The number of nitrogens with two attached hydrogens (primary N) is 1. The van der Waals surface area contributed by atoms with Gasteiger partial charge in [0.05, 0.1) is 6.10 Å². The van der Waals surface area contributed by atoms with Crippen LogP contribution in [0.5, 0.6) is 0 Å². The lowest BCUT2D eigenvalue weighted by molar-refractivity contribution is 0.000254. The van der Waals surface area contributed by atoms with Gasteiger partial charge in [0.2, 0.25) is 0 Å². The fourth-order valence-corrected chi connectivity index (χ4v) is 1.23. The first-order valence-electron chi connectivity index (χ1n) is 3.52. The second-order valence-corrected chi connectivity index (χ2v) is 2.79. The van der Waals surface area contributed by atoms with Crippen LogP contribution < -0.4 is 5.84 Å². The van der Waals surface area contributed by atoms with Crippen LogP contribution in [-0.4, -0.2) is 41.0 Å². The Bertz CT molecular complexity index is 110. The van der Waals surface area contributed by atoms with Gasteiger partial charge in [-0.2, -0.15) is 0 Å². The van der Waals surface area contributed by atoms with E-state index in [4.69, 9.17) is 10.9 Å². The predicted molar refractivity (Wildman–Crippen MR) is 37.0 cm³/mol. The predicted octanol–water partition coefficient (Wildman–Crippen LogP) is -1.46. The van der Waals surface area contributed by atoms with Crippen molar-refractivity contribution in [2.45, 2.75) is 12.5 Å². The second-order valence-electron chi connectivity index (χ2n) is 2.79. The van der Waals surface area contributed by atoms with Gasteiger partial charge in [-0.1, -0.05) is 0 Å². The molecule has 10 heavy (non-hydrogen) atoms. The molecular formula is C6H14N2O2. The molecule has 60 valence electrons. The van der Waals surface area contributed by atoms with Gasteiger partial charge in [-0.15, -0.1) is 0 Å². The van der Waals surface area contributed by atoms with Crippen molar-refractivity contribution < 1.29 is 10.2 Å². The van der Waals surface area contributed by atoms with Gasteiger partial charge in [0.25, 0.3) is 0 Å². The second kappa shape index (κ2) is 3.30. The molecule has 1 rings (SSSR count). The molecule has 1 fully saturated rings. The molecule has 4 N–H and O–H groups in total. The first-order valence-corrected chi connectivity index (χ1v) is 3.52. The fourth-order valence-electron chi connectivity index (χ4n) is 1.23. The van der Waals surface area contributed by atoms with E-state index in [1.165, 1.54) is 0 Å². The summed E-state index contributed by atoms with van der Waals surface area (Å²) in [5.74, 6) is 5.42. The van der Waals surface area contributed by atoms with Crippen molar-refractivity contribution in [1.29, 1.82) is 0 Å². The molecule has 1 saturated heterocycles. The van der Waals surface area contributed by atoms with Gasteiger partial charge in [-0.3, -0.25) is 5.84 Å². The van der Waals surface area contributed by atoms with Gasteiger partial charge in [0.1, 0.15) is 0 Å². The monoisotopic (exact) mass is 146 g/mol. The molecule has 0 aromatic heterocycles. The molecule has 1 aliphatic heterocycles. The Morgan fingerprint density at radius 3 is 2.80 bits per heavy atom. The number of hydrogen-bond donors (Lipinski definition) is 3. The molecular weight excluding hydrogens is 132 g/mol. The van der Waals surface area contributed by atoms with Gasteiger partial charge in [-0.25, -0.2) is 5.01 Å². The highest BCUT2D eigenvalue weighted by molar-refractivity contribution is 4.76. The van der Waals surface area contributed by atoms with Gasteiger partial charge in [0.15, 0.2) is 0 Å². The fraction of sp³-hybridized carbons (Fsp3) is 1.00. The highest BCUT2D eigenvalue weighted by atomic mass is 16.3. The van der Waals surface area contributed by atoms with Crippen LogP contribution in [0.3, 0.4) is 0 Å². The topological polar surface area (TPSA) is 69.7 Å². The quantitative estimate of drug-likeness (QED) is 0.395. The van der Waals surface area contributed by atoms with Gasteiger partial charge in [0, 0.05) is 25.6 Å². The zero-order valence-electron chi connectivity index (χ0n) is 5.90. The van der Waals surface area contributed by atoms with Crippen molar-refractivity contribution >= 4 is 0 Å². The van der Waals surface area contributed by atoms with E-state index in [0.717, 1.165) is 6.54 Å². The molecule has 0 spiro atoms. The van der Waals surface area contributed by atoms with E-state index < -0.39 is 0 Å². The molecule has 0 aromatic rings. The lowest BCUT2D eigenvalue weighted by Gasteiger charge is -2.32. The zero-order valence-corrected chi connectivity index (χ0v) is 5.90. The molecule has 4 heteroatoms. The first kappa shape index (κ1) is 7.94. The van der Waals surface area contributed by atoms with E-state index in [9.17, 15) is 5.11 Å². The normalized spacial score (nSPS) is 36.3. The van der Waals surface area contributed by atoms with Gasteiger partial charge in [-0.05, 0) is 6.42 Å². The number of piperidine rings is 1. The van der Waals surface area contributed by atoms with E-state index >= 15 is 0 Å². The highest BCUT2D eigenvalue weighted by Gasteiger charge is 2.25. The minimum atomic E-state index is -0.371. The van der Waals surface area contributed by atoms with Crippen LogP contribution >= 0.6 is 0 Å². The Morgan fingerprint density at radius 1 is 1.60 bits per heavy atom. The SMILES string of the molecule is NN1CCC(O)C(CO)C1. The third kappa shape index (κ3) is 1.67. The third-order valence-electron chi connectivity index (χ3n) is 1.96. The highest BCUT2D eigenvalue weighted by Crippen LogP contribution is 2.13. The summed E-state index contributed by atoms with van der Waals surface area (Å²) in [5, 5.41) is 19.6. The van der Waals surface area contributed by atoms with Crippen LogP contribution in [0.1, 0.15) is 6.42 Å². The summed E-state index contributed by atoms with van der Waals surface area (Å²) in [6.45, 7) is 1.34. The van der Waals surface area contributed by atoms with Crippen LogP contribution in [0.25, 0.3) is 0 Å². The molecule has 4 nitrogen and oxygen atoms in total. The molecule has 0 amide bonds. The van der Waals surface area contributed by atoms with Crippen molar-refractivity contribution in [3.05, 3.63) is 0 Å². The van der Waals surface area contributed by atoms with Crippen molar-refractivity contribution in [2.75, 3.05) is 19.7 Å². The van der Waals surface area contributed by atoms with Gasteiger partial charge < -0.3 is 10.2 Å². The number of hydrogen-bond acceptors (Lipinski definition) is 4. The molecule has 0 radical (unpaired) electrons. The first-order chi connectivity index (χ1) is 4.74. The maximum atomic E-state index is 9.24. The molecule has 0 saturated carbocycles. The van der Waals surface area contributed by atoms with E-state index in [2.05, 4.69) is 0 Å². The average Bonchev–Trinajstić information content (AvgIpc) is 1.94. The molecule has 1 aliphatic rings.